The molecule has 1 fully saturated rings. The number of rotatable bonds is 7. The van der Waals surface area contributed by atoms with Crippen molar-refractivity contribution in [3.63, 3.8) is 0 Å². The predicted octanol–water partition coefficient (Wildman–Crippen LogP) is 4.62. The summed E-state index contributed by atoms with van der Waals surface area (Å²) in [6, 6.07) is 5.72. The van der Waals surface area contributed by atoms with Crippen LogP contribution in [0.1, 0.15) is 44.9 Å². The molecule has 25 heavy (non-hydrogen) atoms. The topological polar surface area (TPSA) is 57.1 Å². The molecule has 1 aromatic rings. The molecule has 1 amide bonds. The second kappa shape index (κ2) is 7.88. The number of terminal acetylenes is 1. The number of hydrogen-bond donors (Lipinski definition) is 1. The van der Waals surface area contributed by atoms with Crippen LogP contribution in [0, 0.1) is 12.3 Å². The maximum Gasteiger partial charge on any atom is 0.224 e. The average molecular weight is 359 g/mol. The van der Waals surface area contributed by atoms with Crippen molar-refractivity contribution < 1.29 is 4.79 Å². The first kappa shape index (κ1) is 17.8. The standard InChI is InChI=1S/C19H23ClN4O/c1-2-3-10-19(22-23-19)11-9-18(25)21-15-7-8-17(16(20)14-15)24-12-5-4-6-13-24/h1,7-8,14H,3-6,9-13H2,(H,21,25). The molecule has 0 aliphatic carbocycles. The maximum atomic E-state index is 12.2. The minimum absolute atomic E-state index is 0.0563. The summed E-state index contributed by atoms with van der Waals surface area (Å²) in [5.74, 6) is 2.53. The first-order chi connectivity index (χ1) is 12.1. The second-order valence-corrected chi connectivity index (χ2v) is 7.06. The van der Waals surface area contributed by atoms with Gasteiger partial charge in [-0.15, -0.1) is 12.3 Å². The summed E-state index contributed by atoms with van der Waals surface area (Å²) in [6.45, 7) is 2.08. The van der Waals surface area contributed by atoms with Crippen LogP contribution in [0.4, 0.5) is 11.4 Å². The molecule has 0 atom stereocenters. The lowest BCUT2D eigenvalue weighted by Gasteiger charge is -2.29. The zero-order valence-electron chi connectivity index (χ0n) is 14.3. The van der Waals surface area contributed by atoms with Crippen LogP contribution in [-0.2, 0) is 4.79 Å². The highest BCUT2D eigenvalue weighted by Gasteiger charge is 2.39. The minimum atomic E-state index is -0.417. The summed E-state index contributed by atoms with van der Waals surface area (Å²) in [5.41, 5.74) is 1.35. The van der Waals surface area contributed by atoms with Gasteiger partial charge in [-0.2, -0.15) is 10.2 Å². The van der Waals surface area contributed by atoms with E-state index in [9.17, 15) is 4.79 Å². The SMILES string of the molecule is C#CCCC1(CCC(=O)Nc2ccc(N3CCCCC3)c(Cl)c2)N=N1. The van der Waals surface area contributed by atoms with Crippen molar-refractivity contribution in [2.75, 3.05) is 23.3 Å². The van der Waals surface area contributed by atoms with E-state index >= 15 is 0 Å². The highest BCUT2D eigenvalue weighted by molar-refractivity contribution is 6.33. The molecule has 132 valence electrons. The number of amides is 1. The van der Waals surface area contributed by atoms with E-state index in [0.717, 1.165) is 24.5 Å². The van der Waals surface area contributed by atoms with Crippen LogP contribution < -0.4 is 10.2 Å². The van der Waals surface area contributed by atoms with E-state index in [1.54, 1.807) is 0 Å². The number of anilines is 2. The third-order valence-corrected chi connectivity index (χ3v) is 5.04. The van der Waals surface area contributed by atoms with Gasteiger partial charge >= 0.3 is 0 Å². The first-order valence-corrected chi connectivity index (χ1v) is 9.22. The van der Waals surface area contributed by atoms with E-state index in [1.807, 2.05) is 18.2 Å². The van der Waals surface area contributed by atoms with Gasteiger partial charge in [-0.05, 0) is 37.5 Å². The van der Waals surface area contributed by atoms with E-state index < -0.39 is 5.66 Å². The molecular weight excluding hydrogens is 336 g/mol. The Morgan fingerprint density at radius 2 is 2.04 bits per heavy atom. The monoisotopic (exact) mass is 358 g/mol. The molecule has 1 aromatic carbocycles. The molecule has 6 heteroatoms. The van der Waals surface area contributed by atoms with Crippen LogP contribution in [0.25, 0.3) is 0 Å². The van der Waals surface area contributed by atoms with Gasteiger partial charge in [0.05, 0.1) is 10.7 Å². The number of nitrogens with zero attached hydrogens (tertiary/aromatic N) is 3. The zero-order chi connectivity index (χ0) is 17.7. The fourth-order valence-electron chi connectivity index (χ4n) is 3.18. The molecule has 1 N–H and O–H groups in total. The third kappa shape index (κ3) is 4.73. The number of hydrogen-bond acceptors (Lipinski definition) is 4. The van der Waals surface area contributed by atoms with Crippen molar-refractivity contribution in [3.05, 3.63) is 23.2 Å². The van der Waals surface area contributed by atoms with Gasteiger partial charge in [0.25, 0.3) is 0 Å². The van der Waals surface area contributed by atoms with Crippen molar-refractivity contribution >= 4 is 28.9 Å². The Morgan fingerprint density at radius 1 is 1.28 bits per heavy atom. The molecule has 0 radical (unpaired) electrons. The van der Waals surface area contributed by atoms with Crippen molar-refractivity contribution in [3.8, 4) is 12.3 Å². The summed E-state index contributed by atoms with van der Waals surface area (Å²) >= 11 is 6.42. The summed E-state index contributed by atoms with van der Waals surface area (Å²) < 4.78 is 0. The number of carbonyl (C=O) groups excluding carboxylic acids is 1. The predicted molar refractivity (Wildman–Crippen MR) is 101 cm³/mol. The van der Waals surface area contributed by atoms with Crippen LogP contribution in [-0.4, -0.2) is 24.7 Å². The molecule has 0 bridgehead atoms. The zero-order valence-corrected chi connectivity index (χ0v) is 15.1. The van der Waals surface area contributed by atoms with E-state index in [2.05, 4.69) is 26.4 Å². The highest BCUT2D eigenvalue weighted by Crippen LogP contribution is 2.37. The Balaban J connectivity index is 1.51. The second-order valence-electron chi connectivity index (χ2n) is 6.65. The molecule has 0 unspecified atom stereocenters. The van der Waals surface area contributed by atoms with Crippen molar-refractivity contribution in [1.29, 1.82) is 0 Å². The van der Waals surface area contributed by atoms with Crippen LogP contribution in [0.5, 0.6) is 0 Å². The number of halogens is 1. The van der Waals surface area contributed by atoms with Crippen LogP contribution >= 0.6 is 11.6 Å². The lowest BCUT2D eigenvalue weighted by atomic mass is 10.0. The highest BCUT2D eigenvalue weighted by atomic mass is 35.5. The van der Waals surface area contributed by atoms with Gasteiger partial charge in [0.1, 0.15) is 0 Å². The van der Waals surface area contributed by atoms with Gasteiger partial charge in [0, 0.05) is 44.5 Å². The summed E-state index contributed by atoms with van der Waals surface area (Å²) in [6.07, 6.45) is 11.3. The van der Waals surface area contributed by atoms with Crippen LogP contribution in [0.15, 0.2) is 28.4 Å². The Morgan fingerprint density at radius 3 is 2.68 bits per heavy atom. The quantitative estimate of drug-likeness (QED) is 0.723. The fourth-order valence-corrected chi connectivity index (χ4v) is 3.48. The summed E-state index contributed by atoms with van der Waals surface area (Å²) in [4.78, 5) is 14.5. The largest absolute Gasteiger partial charge is 0.370 e. The van der Waals surface area contributed by atoms with Gasteiger partial charge < -0.3 is 10.2 Å². The number of carbonyl (C=O) groups is 1. The molecule has 2 aliphatic heterocycles. The normalized spacial score (nSPS) is 17.8. The van der Waals surface area contributed by atoms with Crippen LogP contribution in [0.2, 0.25) is 5.02 Å². The maximum absolute atomic E-state index is 12.2. The molecule has 0 spiro atoms. The Hall–Kier alpha value is -2.06. The molecule has 1 saturated heterocycles. The van der Waals surface area contributed by atoms with E-state index in [-0.39, 0.29) is 5.91 Å². The van der Waals surface area contributed by atoms with Gasteiger partial charge in [-0.25, -0.2) is 0 Å². The third-order valence-electron chi connectivity index (χ3n) is 4.73. The lowest BCUT2D eigenvalue weighted by Crippen LogP contribution is -2.29. The van der Waals surface area contributed by atoms with Gasteiger partial charge in [0.2, 0.25) is 5.91 Å². The smallest absolute Gasteiger partial charge is 0.224 e. The van der Waals surface area contributed by atoms with Crippen LogP contribution in [0.3, 0.4) is 0 Å². The number of piperidine rings is 1. The Bertz CT molecular complexity index is 698. The van der Waals surface area contributed by atoms with E-state index in [0.29, 0.717) is 30.7 Å². The van der Waals surface area contributed by atoms with Gasteiger partial charge in [-0.1, -0.05) is 11.6 Å². The molecule has 0 aromatic heterocycles. The first-order valence-electron chi connectivity index (χ1n) is 8.84. The van der Waals surface area contributed by atoms with E-state index in [4.69, 9.17) is 18.0 Å². The summed E-state index contributed by atoms with van der Waals surface area (Å²) in [7, 11) is 0. The Labute approximate surface area is 153 Å². The Kier molecular flexibility index (Phi) is 5.60. The molecule has 0 saturated carbocycles. The van der Waals surface area contributed by atoms with Crippen molar-refractivity contribution in [2.45, 2.75) is 50.6 Å². The van der Waals surface area contributed by atoms with Crippen molar-refractivity contribution in [1.82, 2.24) is 0 Å². The molecule has 2 heterocycles. The minimum Gasteiger partial charge on any atom is -0.370 e. The van der Waals surface area contributed by atoms with Crippen molar-refractivity contribution in [2.24, 2.45) is 10.2 Å². The lowest BCUT2D eigenvalue weighted by molar-refractivity contribution is -0.116. The van der Waals surface area contributed by atoms with Gasteiger partial charge in [-0.3, -0.25) is 4.79 Å². The van der Waals surface area contributed by atoms with Gasteiger partial charge in [0.15, 0.2) is 5.66 Å². The molecule has 2 aliphatic rings. The number of nitrogens with one attached hydrogen (secondary N) is 1. The average Bonchev–Trinajstić information content (AvgIpc) is 3.40. The summed E-state index contributed by atoms with van der Waals surface area (Å²) in [5, 5.41) is 11.7. The van der Waals surface area contributed by atoms with E-state index in [1.165, 1.54) is 19.3 Å². The fraction of sp³-hybridized carbons (Fsp3) is 0.526. The molecular formula is C19H23ClN4O. The molecule has 3 rings (SSSR count). The molecule has 5 nitrogen and oxygen atoms in total. The number of benzene rings is 1.